The van der Waals surface area contributed by atoms with Gasteiger partial charge in [-0.05, 0) is 43.7 Å². The highest BCUT2D eigenvalue weighted by Crippen LogP contribution is 2.30. The van der Waals surface area contributed by atoms with Crippen LogP contribution in [0.25, 0.3) is 11.3 Å². The third-order valence-electron chi connectivity index (χ3n) is 4.42. The molecule has 1 heterocycles. The van der Waals surface area contributed by atoms with Crippen molar-refractivity contribution >= 4 is 17.6 Å². The van der Waals surface area contributed by atoms with E-state index in [1.165, 1.54) is 11.6 Å². The molecule has 28 heavy (non-hydrogen) atoms. The Morgan fingerprint density at radius 2 is 1.93 bits per heavy atom. The van der Waals surface area contributed by atoms with Gasteiger partial charge >= 0.3 is 5.97 Å². The van der Waals surface area contributed by atoms with E-state index in [4.69, 9.17) is 16.0 Å². The average molecular weight is 406 g/mol. The highest BCUT2D eigenvalue weighted by Gasteiger charge is 2.19. The van der Waals surface area contributed by atoms with E-state index in [0.717, 1.165) is 11.6 Å². The minimum atomic E-state index is -1.37. The zero-order chi connectivity index (χ0) is 20.3. The van der Waals surface area contributed by atoms with Gasteiger partial charge in [-0.1, -0.05) is 41.4 Å². The molecule has 0 saturated heterocycles. The molecule has 0 aliphatic heterocycles. The van der Waals surface area contributed by atoms with E-state index >= 15 is 0 Å². The second kappa shape index (κ2) is 8.54. The Kier molecular flexibility index (Phi) is 6.11. The summed E-state index contributed by atoms with van der Waals surface area (Å²) < 4.78 is 31.9. The lowest BCUT2D eigenvalue weighted by molar-refractivity contribution is -0.0788. The first-order chi connectivity index (χ1) is 13.4. The highest BCUT2D eigenvalue weighted by atomic mass is 35.5. The number of carbonyl (C=O) groups excluding carboxylic acids is 1. The van der Waals surface area contributed by atoms with Gasteiger partial charge in [-0.25, -0.2) is 14.1 Å². The lowest BCUT2D eigenvalue weighted by Crippen LogP contribution is -2.17. The van der Waals surface area contributed by atoms with Gasteiger partial charge in [0.15, 0.2) is 0 Å². The van der Waals surface area contributed by atoms with Crippen molar-refractivity contribution in [3.05, 3.63) is 81.8 Å². The molecule has 3 aromatic rings. The molecular weight excluding hydrogens is 388 g/mol. The Balaban J connectivity index is 1.74. The topological polar surface area (TPSA) is 51.5 Å². The van der Waals surface area contributed by atoms with Crippen LogP contribution in [0.4, 0.5) is 8.92 Å². The lowest BCUT2D eigenvalue weighted by atomic mass is 10.1. The van der Waals surface area contributed by atoms with Crippen molar-refractivity contribution in [2.45, 2.75) is 26.4 Å². The molecule has 1 atom stereocenters. The summed E-state index contributed by atoms with van der Waals surface area (Å²) >= 11 is 5.70. The fraction of sp³-hybridized carbons (Fsp3) is 0.190. The molecule has 0 aliphatic carbocycles. The van der Waals surface area contributed by atoms with Crippen LogP contribution in [0.1, 0.15) is 40.2 Å². The van der Waals surface area contributed by atoms with Crippen molar-refractivity contribution < 1.29 is 23.1 Å². The molecule has 0 amide bonds. The van der Waals surface area contributed by atoms with Crippen molar-refractivity contribution in [2.75, 3.05) is 0 Å². The molecule has 1 unspecified atom stereocenters. The Hall–Kier alpha value is -2.70. The van der Waals surface area contributed by atoms with Crippen LogP contribution in [0.5, 0.6) is 0 Å². The summed E-state index contributed by atoms with van der Waals surface area (Å²) in [5.74, 6) is -1.29. The van der Waals surface area contributed by atoms with Gasteiger partial charge in [-0.2, -0.15) is 0 Å². The number of furan rings is 1. The van der Waals surface area contributed by atoms with Crippen LogP contribution < -0.4 is 5.32 Å². The van der Waals surface area contributed by atoms with E-state index in [9.17, 15) is 13.7 Å². The molecular formula is C21H18ClF2NO3. The summed E-state index contributed by atoms with van der Waals surface area (Å²) in [7, 11) is 0. The zero-order valence-corrected chi connectivity index (χ0v) is 16.0. The number of aryl methyl sites for hydroxylation is 1. The van der Waals surface area contributed by atoms with Crippen molar-refractivity contribution in [3.63, 3.8) is 0 Å². The highest BCUT2D eigenvalue weighted by molar-refractivity contribution is 6.33. The molecule has 2 aromatic carbocycles. The number of nitrogens with one attached hydrogen (secondary N) is 1. The fourth-order valence-electron chi connectivity index (χ4n) is 2.78. The van der Waals surface area contributed by atoms with Crippen LogP contribution in [-0.4, -0.2) is 5.97 Å². The molecule has 1 aromatic heterocycles. The summed E-state index contributed by atoms with van der Waals surface area (Å²) in [6, 6.07) is 14.0. The van der Waals surface area contributed by atoms with Gasteiger partial charge < -0.3 is 9.73 Å². The standard InChI is InChI=1S/C21H18ClF2NO3/c1-12-3-5-14(6-4-12)13(2)25-11-16-7-8-19(27-16)15-9-17(21(26)28-24)20(22)18(23)10-15/h3-10,13,25H,11H2,1-2H3. The van der Waals surface area contributed by atoms with Gasteiger partial charge in [0.1, 0.15) is 17.3 Å². The normalized spacial score (nSPS) is 12.0. The second-order valence-electron chi connectivity index (χ2n) is 6.46. The van der Waals surface area contributed by atoms with Crippen LogP contribution in [0.2, 0.25) is 5.02 Å². The van der Waals surface area contributed by atoms with Crippen molar-refractivity contribution in [2.24, 2.45) is 0 Å². The molecule has 3 rings (SSSR count). The van der Waals surface area contributed by atoms with Crippen molar-refractivity contribution in [1.29, 1.82) is 0 Å². The maximum absolute atomic E-state index is 14.0. The number of benzene rings is 2. The van der Waals surface area contributed by atoms with Crippen LogP contribution in [0.3, 0.4) is 0 Å². The van der Waals surface area contributed by atoms with E-state index < -0.39 is 22.4 Å². The van der Waals surface area contributed by atoms with Crippen LogP contribution >= 0.6 is 11.6 Å². The van der Waals surface area contributed by atoms with Gasteiger partial charge in [0.05, 0.1) is 17.1 Å². The van der Waals surface area contributed by atoms with E-state index in [2.05, 4.69) is 22.4 Å². The Morgan fingerprint density at radius 3 is 2.61 bits per heavy atom. The molecule has 4 nitrogen and oxygen atoms in total. The number of carbonyl (C=O) groups is 1. The smallest absolute Gasteiger partial charge is 0.381 e. The summed E-state index contributed by atoms with van der Waals surface area (Å²) in [4.78, 5) is 14.6. The predicted molar refractivity (Wildman–Crippen MR) is 102 cm³/mol. The molecule has 0 spiro atoms. The largest absolute Gasteiger partial charge is 0.460 e. The number of hydrogen-bond acceptors (Lipinski definition) is 4. The summed E-state index contributed by atoms with van der Waals surface area (Å²) in [6.45, 7) is 4.52. The van der Waals surface area contributed by atoms with E-state index in [1.54, 1.807) is 12.1 Å². The molecule has 0 fully saturated rings. The van der Waals surface area contributed by atoms with Crippen molar-refractivity contribution in [1.82, 2.24) is 5.32 Å². The van der Waals surface area contributed by atoms with E-state index in [1.807, 2.05) is 26.0 Å². The average Bonchev–Trinajstić information content (AvgIpc) is 3.17. The first-order valence-electron chi connectivity index (χ1n) is 8.60. The summed E-state index contributed by atoms with van der Waals surface area (Å²) in [5.41, 5.74) is 2.17. The van der Waals surface area contributed by atoms with Gasteiger partial charge in [0, 0.05) is 16.1 Å². The predicted octanol–water partition coefficient (Wildman–Crippen LogP) is 5.94. The molecule has 7 heteroatoms. The molecule has 0 radical (unpaired) electrons. The Labute approximate surface area is 166 Å². The molecule has 146 valence electrons. The van der Waals surface area contributed by atoms with Crippen molar-refractivity contribution in [3.8, 4) is 11.3 Å². The summed E-state index contributed by atoms with van der Waals surface area (Å²) in [5, 5.41) is 2.84. The molecule has 1 N–H and O–H groups in total. The first-order valence-corrected chi connectivity index (χ1v) is 8.98. The van der Waals surface area contributed by atoms with Gasteiger partial charge in [-0.3, -0.25) is 0 Å². The van der Waals surface area contributed by atoms with Crippen LogP contribution in [0, 0.1) is 12.7 Å². The van der Waals surface area contributed by atoms with Gasteiger partial charge in [-0.15, -0.1) is 0 Å². The second-order valence-corrected chi connectivity index (χ2v) is 6.84. The number of rotatable bonds is 6. The Morgan fingerprint density at radius 1 is 1.21 bits per heavy atom. The van der Waals surface area contributed by atoms with E-state index in [-0.39, 0.29) is 11.6 Å². The monoisotopic (exact) mass is 405 g/mol. The van der Waals surface area contributed by atoms with Crippen LogP contribution in [-0.2, 0) is 11.5 Å². The SMILES string of the molecule is Cc1ccc(C(C)NCc2ccc(-c3cc(F)c(Cl)c(C(=O)OF)c3)o2)cc1. The molecule has 0 bridgehead atoms. The van der Waals surface area contributed by atoms with Gasteiger partial charge in [0.2, 0.25) is 0 Å². The maximum Gasteiger partial charge on any atom is 0.381 e. The fourth-order valence-corrected chi connectivity index (χ4v) is 2.96. The maximum atomic E-state index is 14.0. The third kappa shape index (κ3) is 4.40. The minimum absolute atomic E-state index is 0.105. The summed E-state index contributed by atoms with van der Waals surface area (Å²) in [6.07, 6.45) is 0. The zero-order valence-electron chi connectivity index (χ0n) is 15.3. The first kappa shape index (κ1) is 20.0. The quantitative estimate of drug-likeness (QED) is 0.551. The van der Waals surface area contributed by atoms with Crippen LogP contribution in [0.15, 0.2) is 52.9 Å². The third-order valence-corrected chi connectivity index (χ3v) is 4.81. The van der Waals surface area contributed by atoms with E-state index in [0.29, 0.717) is 18.1 Å². The van der Waals surface area contributed by atoms with Gasteiger partial charge in [0.25, 0.3) is 0 Å². The Bertz CT molecular complexity index is 986. The lowest BCUT2D eigenvalue weighted by Gasteiger charge is -2.13. The number of hydrogen-bond donors (Lipinski definition) is 1. The molecule has 0 aliphatic rings. The minimum Gasteiger partial charge on any atom is -0.460 e. The molecule has 0 saturated carbocycles. The number of halogens is 3.